The molecule has 1 aromatic heterocycles. The SMILES string of the molecule is O=C(O)c1cccc(C#Cc2ccncc2)c1-c1cc(O)cc(Cl)c1. The average molecular weight is 350 g/mol. The Morgan fingerprint density at radius 2 is 1.80 bits per heavy atom. The van der Waals surface area contributed by atoms with Gasteiger partial charge in [0.05, 0.1) is 5.56 Å². The molecule has 3 aromatic rings. The van der Waals surface area contributed by atoms with Crippen LogP contribution in [-0.2, 0) is 0 Å². The lowest BCUT2D eigenvalue weighted by molar-refractivity contribution is 0.0697. The van der Waals surface area contributed by atoms with Gasteiger partial charge in [-0.15, -0.1) is 0 Å². The summed E-state index contributed by atoms with van der Waals surface area (Å²) in [4.78, 5) is 15.6. The van der Waals surface area contributed by atoms with E-state index < -0.39 is 5.97 Å². The number of carboxylic acid groups (broad SMARTS) is 1. The number of rotatable bonds is 2. The predicted octanol–water partition coefficient (Wildman–Crippen LogP) is 4.21. The van der Waals surface area contributed by atoms with E-state index in [1.54, 1.807) is 42.7 Å². The minimum atomic E-state index is -1.08. The number of halogens is 1. The second kappa shape index (κ2) is 7.08. The lowest BCUT2D eigenvalue weighted by atomic mass is 9.94. The summed E-state index contributed by atoms with van der Waals surface area (Å²) in [6.07, 6.45) is 3.27. The van der Waals surface area contributed by atoms with Crippen LogP contribution in [0.1, 0.15) is 21.5 Å². The van der Waals surface area contributed by atoms with Crippen molar-refractivity contribution in [3.63, 3.8) is 0 Å². The van der Waals surface area contributed by atoms with E-state index in [0.717, 1.165) is 5.56 Å². The molecule has 0 aliphatic carbocycles. The van der Waals surface area contributed by atoms with Crippen LogP contribution in [0.25, 0.3) is 11.1 Å². The Bertz CT molecular complexity index is 984. The summed E-state index contributed by atoms with van der Waals surface area (Å²) in [7, 11) is 0. The van der Waals surface area contributed by atoms with Gasteiger partial charge in [-0.3, -0.25) is 4.98 Å². The zero-order chi connectivity index (χ0) is 17.8. The van der Waals surface area contributed by atoms with Crippen molar-refractivity contribution in [3.05, 3.63) is 82.6 Å². The van der Waals surface area contributed by atoms with Gasteiger partial charge in [-0.2, -0.15) is 0 Å². The lowest BCUT2D eigenvalue weighted by Crippen LogP contribution is -2.01. The van der Waals surface area contributed by atoms with Crippen LogP contribution >= 0.6 is 11.6 Å². The van der Waals surface area contributed by atoms with Crippen LogP contribution in [0.15, 0.2) is 60.9 Å². The molecule has 5 heteroatoms. The highest BCUT2D eigenvalue weighted by Gasteiger charge is 2.16. The van der Waals surface area contributed by atoms with Gasteiger partial charge in [0.25, 0.3) is 0 Å². The summed E-state index contributed by atoms with van der Waals surface area (Å²) < 4.78 is 0. The van der Waals surface area contributed by atoms with Crippen LogP contribution < -0.4 is 0 Å². The number of aromatic nitrogens is 1. The molecule has 4 nitrogen and oxygen atoms in total. The van der Waals surface area contributed by atoms with E-state index in [1.807, 2.05) is 0 Å². The molecule has 0 saturated carbocycles. The number of pyridine rings is 1. The van der Waals surface area contributed by atoms with E-state index in [1.165, 1.54) is 18.2 Å². The number of phenolic OH excluding ortho intramolecular Hbond substituents is 1. The van der Waals surface area contributed by atoms with Gasteiger partial charge < -0.3 is 10.2 Å². The smallest absolute Gasteiger partial charge is 0.336 e. The number of aromatic hydroxyl groups is 1. The number of phenols is 1. The third-order valence-electron chi connectivity index (χ3n) is 3.49. The highest BCUT2D eigenvalue weighted by Crippen LogP contribution is 2.32. The minimum absolute atomic E-state index is 0.0456. The van der Waals surface area contributed by atoms with Crippen molar-refractivity contribution >= 4 is 17.6 Å². The summed E-state index contributed by atoms with van der Waals surface area (Å²) in [6, 6.07) is 12.8. The Kier molecular flexibility index (Phi) is 4.69. The molecule has 0 saturated heterocycles. The van der Waals surface area contributed by atoms with Crippen molar-refractivity contribution in [2.24, 2.45) is 0 Å². The molecule has 0 spiro atoms. The third kappa shape index (κ3) is 3.79. The van der Waals surface area contributed by atoms with Crippen LogP contribution in [0.5, 0.6) is 5.75 Å². The molecule has 0 radical (unpaired) electrons. The van der Waals surface area contributed by atoms with Gasteiger partial charge in [-0.05, 0) is 48.0 Å². The molecule has 0 amide bonds. The van der Waals surface area contributed by atoms with Crippen molar-refractivity contribution in [3.8, 4) is 28.7 Å². The van der Waals surface area contributed by atoms with Gasteiger partial charge in [0, 0.05) is 34.1 Å². The van der Waals surface area contributed by atoms with E-state index in [4.69, 9.17) is 11.6 Å². The Balaban J connectivity index is 2.21. The first kappa shape index (κ1) is 16.6. The van der Waals surface area contributed by atoms with Crippen molar-refractivity contribution < 1.29 is 15.0 Å². The van der Waals surface area contributed by atoms with Crippen LogP contribution in [0, 0.1) is 11.8 Å². The van der Waals surface area contributed by atoms with Gasteiger partial charge in [0.2, 0.25) is 0 Å². The van der Waals surface area contributed by atoms with Crippen LogP contribution in [-0.4, -0.2) is 21.2 Å². The number of hydrogen-bond acceptors (Lipinski definition) is 3. The molecule has 0 atom stereocenters. The number of carbonyl (C=O) groups is 1. The molecule has 0 unspecified atom stereocenters. The van der Waals surface area contributed by atoms with Crippen LogP contribution in [0.2, 0.25) is 5.02 Å². The Hall–Kier alpha value is -3.29. The number of nitrogens with zero attached hydrogens (tertiary/aromatic N) is 1. The maximum atomic E-state index is 11.6. The van der Waals surface area contributed by atoms with Crippen molar-refractivity contribution in [2.75, 3.05) is 0 Å². The minimum Gasteiger partial charge on any atom is -0.508 e. The highest BCUT2D eigenvalue weighted by molar-refractivity contribution is 6.31. The zero-order valence-electron chi connectivity index (χ0n) is 12.9. The first-order valence-electron chi connectivity index (χ1n) is 7.33. The summed E-state index contributed by atoms with van der Waals surface area (Å²) in [5.74, 6) is 4.86. The third-order valence-corrected chi connectivity index (χ3v) is 3.71. The topological polar surface area (TPSA) is 70.4 Å². The molecule has 0 aliphatic rings. The van der Waals surface area contributed by atoms with Crippen molar-refractivity contribution in [1.29, 1.82) is 0 Å². The predicted molar refractivity (Wildman–Crippen MR) is 95.7 cm³/mol. The highest BCUT2D eigenvalue weighted by atomic mass is 35.5. The summed E-state index contributed by atoms with van der Waals surface area (Å²) in [6.45, 7) is 0. The fourth-order valence-corrected chi connectivity index (χ4v) is 2.67. The Labute approximate surface area is 149 Å². The van der Waals surface area contributed by atoms with Gasteiger partial charge in [0.15, 0.2) is 0 Å². The molecule has 2 aromatic carbocycles. The average Bonchev–Trinajstić information content (AvgIpc) is 2.59. The van der Waals surface area contributed by atoms with E-state index in [2.05, 4.69) is 16.8 Å². The van der Waals surface area contributed by atoms with Crippen molar-refractivity contribution in [1.82, 2.24) is 4.98 Å². The standard InChI is InChI=1S/C20H12ClNO3/c21-16-10-15(11-17(23)12-16)19-14(2-1-3-18(19)20(24)25)5-4-13-6-8-22-9-7-13/h1-3,6-12,23H,(H,24,25). The fourth-order valence-electron chi connectivity index (χ4n) is 2.44. The molecule has 1 heterocycles. The van der Waals surface area contributed by atoms with E-state index in [-0.39, 0.29) is 11.3 Å². The van der Waals surface area contributed by atoms with Crippen LogP contribution in [0.4, 0.5) is 0 Å². The van der Waals surface area contributed by atoms with Crippen molar-refractivity contribution in [2.45, 2.75) is 0 Å². The number of benzene rings is 2. The number of carboxylic acids is 1. The maximum absolute atomic E-state index is 11.6. The van der Waals surface area contributed by atoms with Gasteiger partial charge in [-0.1, -0.05) is 29.5 Å². The first-order valence-corrected chi connectivity index (χ1v) is 7.70. The second-order valence-electron chi connectivity index (χ2n) is 5.22. The molecule has 0 aliphatic heterocycles. The maximum Gasteiger partial charge on any atom is 0.336 e. The van der Waals surface area contributed by atoms with E-state index >= 15 is 0 Å². The largest absolute Gasteiger partial charge is 0.508 e. The van der Waals surface area contributed by atoms with Gasteiger partial charge in [-0.25, -0.2) is 4.79 Å². The quantitative estimate of drug-likeness (QED) is 0.680. The zero-order valence-corrected chi connectivity index (χ0v) is 13.7. The molecule has 2 N–H and O–H groups in total. The number of hydrogen-bond donors (Lipinski definition) is 2. The lowest BCUT2D eigenvalue weighted by Gasteiger charge is -2.10. The summed E-state index contributed by atoms with van der Waals surface area (Å²) in [5, 5.41) is 19.6. The van der Waals surface area contributed by atoms with E-state index in [9.17, 15) is 15.0 Å². The van der Waals surface area contributed by atoms with Gasteiger partial charge in [0.1, 0.15) is 5.75 Å². The summed E-state index contributed by atoms with van der Waals surface area (Å²) >= 11 is 6.01. The molecule has 25 heavy (non-hydrogen) atoms. The monoisotopic (exact) mass is 349 g/mol. The van der Waals surface area contributed by atoms with Crippen LogP contribution in [0.3, 0.4) is 0 Å². The Morgan fingerprint density at radius 3 is 2.48 bits per heavy atom. The Morgan fingerprint density at radius 1 is 1.04 bits per heavy atom. The number of aromatic carboxylic acids is 1. The fraction of sp³-hybridized carbons (Fsp3) is 0. The molecular formula is C20H12ClNO3. The molecule has 122 valence electrons. The molecule has 3 rings (SSSR count). The molecular weight excluding hydrogens is 338 g/mol. The molecule has 0 bridgehead atoms. The first-order chi connectivity index (χ1) is 12.0. The summed E-state index contributed by atoms with van der Waals surface area (Å²) in [5.41, 5.74) is 2.27. The molecule has 0 fully saturated rings. The van der Waals surface area contributed by atoms with Gasteiger partial charge >= 0.3 is 5.97 Å². The second-order valence-corrected chi connectivity index (χ2v) is 5.65. The van der Waals surface area contributed by atoms with E-state index in [0.29, 0.717) is 21.7 Å². The normalized spacial score (nSPS) is 9.96.